The van der Waals surface area contributed by atoms with Crippen LogP contribution in [0.3, 0.4) is 0 Å². The fourth-order valence-electron chi connectivity index (χ4n) is 3.73. The second kappa shape index (κ2) is 10.3. The summed E-state index contributed by atoms with van der Waals surface area (Å²) in [4.78, 5) is 7.95. The number of benzene rings is 3. The van der Waals surface area contributed by atoms with Gasteiger partial charge in [-0.3, -0.25) is 4.90 Å². The molecule has 6 heteroatoms. The molecule has 3 aromatic rings. The molecule has 1 aliphatic heterocycles. The van der Waals surface area contributed by atoms with Gasteiger partial charge in [-0.15, -0.1) is 0 Å². The van der Waals surface area contributed by atoms with Gasteiger partial charge in [0, 0.05) is 31.6 Å². The van der Waals surface area contributed by atoms with Crippen molar-refractivity contribution in [3.05, 3.63) is 106 Å². The molecule has 0 aliphatic carbocycles. The molecule has 0 radical (unpaired) electrons. The number of oxime groups is 1. The molecule has 0 saturated heterocycles. The van der Waals surface area contributed by atoms with Crippen LogP contribution in [0.2, 0.25) is 10.0 Å². The van der Waals surface area contributed by atoms with E-state index in [0.29, 0.717) is 36.1 Å². The van der Waals surface area contributed by atoms with Crippen LogP contribution in [0, 0.1) is 0 Å². The topological polar surface area (TPSA) is 45.1 Å². The predicted molar refractivity (Wildman–Crippen MR) is 126 cm³/mol. The Bertz CT molecular complexity index is 1030. The van der Waals surface area contributed by atoms with Gasteiger partial charge in [-0.2, -0.15) is 0 Å². The van der Waals surface area contributed by atoms with Gasteiger partial charge in [-0.1, -0.05) is 95.1 Å². The molecule has 0 aromatic heterocycles. The summed E-state index contributed by atoms with van der Waals surface area (Å²) in [6.07, 6.45) is -0.0112. The fraction of sp³-hybridized carbons (Fsp3) is 0.240. The van der Waals surface area contributed by atoms with Crippen LogP contribution in [0.15, 0.2) is 84.0 Å². The highest BCUT2D eigenvalue weighted by atomic mass is 35.5. The van der Waals surface area contributed by atoms with Gasteiger partial charge in [0.15, 0.2) is 0 Å². The highest BCUT2D eigenvalue weighted by molar-refractivity contribution is 6.42. The number of rotatable bonds is 8. The van der Waals surface area contributed by atoms with E-state index in [4.69, 9.17) is 28.0 Å². The van der Waals surface area contributed by atoms with E-state index in [1.165, 1.54) is 5.56 Å². The number of aliphatic hydroxyl groups is 1. The zero-order valence-electron chi connectivity index (χ0n) is 17.0. The third-order valence-electron chi connectivity index (χ3n) is 5.31. The Morgan fingerprint density at radius 1 is 0.968 bits per heavy atom. The van der Waals surface area contributed by atoms with E-state index in [1.807, 2.05) is 60.7 Å². The fourth-order valence-corrected chi connectivity index (χ4v) is 4.03. The summed E-state index contributed by atoms with van der Waals surface area (Å²) in [5.74, 6) is 0. The monoisotopic (exact) mass is 454 g/mol. The normalized spacial score (nSPS) is 16.8. The number of hydrogen-bond donors (Lipinski definition) is 1. The second-order valence-electron chi connectivity index (χ2n) is 7.70. The van der Waals surface area contributed by atoms with Crippen LogP contribution in [-0.2, 0) is 11.4 Å². The molecule has 2 atom stereocenters. The van der Waals surface area contributed by atoms with Crippen LogP contribution in [0.1, 0.15) is 29.2 Å². The minimum absolute atomic E-state index is 0.101. The van der Waals surface area contributed by atoms with Gasteiger partial charge in [0.2, 0.25) is 0 Å². The van der Waals surface area contributed by atoms with E-state index >= 15 is 0 Å². The highest BCUT2D eigenvalue weighted by Gasteiger charge is 2.26. The molecule has 31 heavy (non-hydrogen) atoms. The Labute approximate surface area is 192 Å². The molecule has 4 rings (SSSR count). The third-order valence-corrected chi connectivity index (χ3v) is 6.05. The number of halogens is 2. The minimum atomic E-state index is -0.582. The first-order valence-corrected chi connectivity index (χ1v) is 11.0. The average molecular weight is 455 g/mol. The summed E-state index contributed by atoms with van der Waals surface area (Å²) < 4.78 is 0. The lowest BCUT2D eigenvalue weighted by atomic mass is 10.0. The Balaban J connectivity index is 1.44. The molecular formula is C25H24Cl2N2O2. The van der Waals surface area contributed by atoms with Crippen LogP contribution < -0.4 is 0 Å². The molecule has 160 valence electrons. The summed E-state index contributed by atoms with van der Waals surface area (Å²) >= 11 is 12.2. The molecule has 0 fully saturated rings. The van der Waals surface area contributed by atoms with Crippen molar-refractivity contribution in [2.75, 3.05) is 13.1 Å². The lowest BCUT2D eigenvalue weighted by Gasteiger charge is -2.27. The molecule has 3 aromatic carbocycles. The van der Waals surface area contributed by atoms with Crippen molar-refractivity contribution in [1.82, 2.24) is 4.90 Å². The largest absolute Gasteiger partial charge is 0.390 e. The van der Waals surface area contributed by atoms with Crippen molar-refractivity contribution in [3.63, 3.8) is 0 Å². The van der Waals surface area contributed by atoms with Crippen LogP contribution >= 0.6 is 23.2 Å². The molecule has 1 N–H and O–H groups in total. The maximum absolute atomic E-state index is 10.8. The highest BCUT2D eigenvalue weighted by Crippen LogP contribution is 2.26. The molecule has 0 spiro atoms. The second-order valence-corrected chi connectivity index (χ2v) is 8.52. The number of hydrogen-bond acceptors (Lipinski definition) is 4. The van der Waals surface area contributed by atoms with Crippen molar-refractivity contribution >= 4 is 28.9 Å². The molecule has 0 amide bonds. The first kappa shape index (κ1) is 21.8. The van der Waals surface area contributed by atoms with E-state index in [-0.39, 0.29) is 6.10 Å². The Hall–Kier alpha value is -2.37. The zero-order chi connectivity index (χ0) is 21.6. The van der Waals surface area contributed by atoms with E-state index < -0.39 is 6.10 Å². The Morgan fingerprint density at radius 2 is 1.68 bits per heavy atom. The van der Waals surface area contributed by atoms with Gasteiger partial charge in [-0.25, -0.2) is 0 Å². The predicted octanol–water partition coefficient (Wildman–Crippen LogP) is 5.72. The standard InChI is InChI=1S/C25H24Cl2N2O2/c26-22-12-11-20(13-23(22)27)24-14-21(31-28-24)16-29(15-18-7-3-1-4-8-18)17-25(30)19-9-5-2-6-10-19/h1-13,21,25,30H,14-17H2. The molecule has 4 nitrogen and oxygen atoms in total. The Kier molecular flexibility index (Phi) is 7.25. The van der Waals surface area contributed by atoms with Crippen LogP contribution in [0.25, 0.3) is 0 Å². The van der Waals surface area contributed by atoms with Crippen molar-refractivity contribution < 1.29 is 9.94 Å². The lowest BCUT2D eigenvalue weighted by molar-refractivity contribution is 0.0318. The maximum atomic E-state index is 10.8. The number of aliphatic hydroxyl groups excluding tert-OH is 1. The molecule has 1 heterocycles. The van der Waals surface area contributed by atoms with E-state index in [2.05, 4.69) is 22.2 Å². The first-order chi connectivity index (χ1) is 15.1. The SMILES string of the molecule is OC(CN(Cc1ccccc1)CC1CC(c2ccc(Cl)c(Cl)c2)=NO1)c1ccccc1. The van der Waals surface area contributed by atoms with Gasteiger partial charge in [-0.05, 0) is 23.3 Å². The van der Waals surface area contributed by atoms with Crippen LogP contribution in [0.4, 0.5) is 0 Å². The van der Waals surface area contributed by atoms with Gasteiger partial charge in [0.05, 0.1) is 21.9 Å². The average Bonchev–Trinajstić information content (AvgIpc) is 3.25. The lowest BCUT2D eigenvalue weighted by Crippen LogP contribution is -2.35. The van der Waals surface area contributed by atoms with E-state index in [1.54, 1.807) is 6.07 Å². The smallest absolute Gasteiger partial charge is 0.145 e. The van der Waals surface area contributed by atoms with E-state index in [9.17, 15) is 5.11 Å². The van der Waals surface area contributed by atoms with Gasteiger partial charge in [0.1, 0.15) is 6.10 Å². The number of nitrogens with zero attached hydrogens (tertiary/aromatic N) is 2. The van der Waals surface area contributed by atoms with Crippen molar-refractivity contribution in [2.24, 2.45) is 5.16 Å². The van der Waals surface area contributed by atoms with Crippen molar-refractivity contribution in [1.29, 1.82) is 0 Å². The van der Waals surface area contributed by atoms with E-state index in [0.717, 1.165) is 16.8 Å². The van der Waals surface area contributed by atoms with Gasteiger partial charge >= 0.3 is 0 Å². The van der Waals surface area contributed by atoms with Crippen LogP contribution in [0.5, 0.6) is 0 Å². The molecule has 1 aliphatic rings. The summed E-state index contributed by atoms with van der Waals surface area (Å²) in [5, 5.41) is 16.1. The van der Waals surface area contributed by atoms with Crippen LogP contribution in [-0.4, -0.2) is 34.9 Å². The molecular weight excluding hydrogens is 431 g/mol. The quantitative estimate of drug-likeness (QED) is 0.473. The zero-order valence-corrected chi connectivity index (χ0v) is 18.5. The summed E-state index contributed by atoms with van der Waals surface area (Å²) in [6, 6.07) is 25.5. The summed E-state index contributed by atoms with van der Waals surface area (Å²) in [5.41, 5.74) is 3.86. The van der Waals surface area contributed by atoms with Crippen molar-refractivity contribution in [3.8, 4) is 0 Å². The first-order valence-electron chi connectivity index (χ1n) is 10.3. The van der Waals surface area contributed by atoms with Gasteiger partial charge in [0.25, 0.3) is 0 Å². The summed E-state index contributed by atoms with van der Waals surface area (Å²) in [6.45, 7) is 1.86. The minimum Gasteiger partial charge on any atom is -0.390 e. The molecule has 2 unspecified atom stereocenters. The Morgan fingerprint density at radius 3 is 2.39 bits per heavy atom. The van der Waals surface area contributed by atoms with Gasteiger partial charge < -0.3 is 9.94 Å². The third kappa shape index (κ3) is 5.86. The summed E-state index contributed by atoms with van der Waals surface area (Å²) in [7, 11) is 0. The van der Waals surface area contributed by atoms with Crippen molar-refractivity contribution in [2.45, 2.75) is 25.2 Å². The maximum Gasteiger partial charge on any atom is 0.145 e. The molecule has 0 saturated carbocycles. The molecule has 0 bridgehead atoms.